The number of oxime groups is 1. The Bertz CT molecular complexity index is 1310. The fraction of sp³-hybridized carbons (Fsp3) is 0.321. The first kappa shape index (κ1) is 22.9. The molecule has 35 heavy (non-hydrogen) atoms. The van der Waals surface area contributed by atoms with E-state index in [1.807, 2.05) is 17.7 Å². The number of nitrogens with zero attached hydrogens (tertiary/aromatic N) is 5. The highest BCUT2D eigenvalue weighted by Crippen LogP contribution is 2.40. The summed E-state index contributed by atoms with van der Waals surface area (Å²) in [5.74, 6) is 2.67. The molecule has 1 unspecified atom stereocenters. The van der Waals surface area contributed by atoms with Gasteiger partial charge in [-0.15, -0.1) is 0 Å². The number of aliphatic imine (C=N–C) groups is 1. The van der Waals surface area contributed by atoms with Crippen molar-refractivity contribution in [2.45, 2.75) is 38.6 Å². The zero-order valence-corrected chi connectivity index (χ0v) is 20.7. The normalized spacial score (nSPS) is 22.2. The zero-order chi connectivity index (χ0) is 24.4. The van der Waals surface area contributed by atoms with Gasteiger partial charge in [0.1, 0.15) is 18.7 Å². The molecule has 7 heteroatoms. The second kappa shape index (κ2) is 9.41. The molecule has 1 fully saturated rings. The minimum Gasteiger partial charge on any atom is -0.495 e. The van der Waals surface area contributed by atoms with Crippen molar-refractivity contribution in [1.82, 2.24) is 14.5 Å². The van der Waals surface area contributed by atoms with E-state index < -0.39 is 0 Å². The van der Waals surface area contributed by atoms with Crippen LogP contribution in [0.15, 0.2) is 76.8 Å². The van der Waals surface area contributed by atoms with Crippen LogP contribution in [-0.2, 0) is 10.4 Å². The number of ether oxygens (including phenoxy) is 1. The van der Waals surface area contributed by atoms with E-state index in [0.717, 1.165) is 65.7 Å². The maximum atomic E-state index is 5.73. The molecular formula is C28H31N5O2. The second-order valence-electron chi connectivity index (χ2n) is 9.14. The van der Waals surface area contributed by atoms with Gasteiger partial charge in [0, 0.05) is 19.2 Å². The lowest BCUT2D eigenvalue weighted by atomic mass is 9.82. The summed E-state index contributed by atoms with van der Waals surface area (Å²) in [7, 11) is 3.30. The third kappa shape index (κ3) is 4.22. The molecule has 180 valence electrons. The van der Waals surface area contributed by atoms with Crippen molar-refractivity contribution in [2.75, 3.05) is 20.8 Å². The molecule has 0 saturated carbocycles. The smallest absolute Gasteiger partial charge is 0.177 e. The van der Waals surface area contributed by atoms with Gasteiger partial charge in [-0.1, -0.05) is 41.6 Å². The predicted molar refractivity (Wildman–Crippen MR) is 139 cm³/mol. The minimum absolute atomic E-state index is 0.254. The van der Waals surface area contributed by atoms with Gasteiger partial charge in [0.2, 0.25) is 0 Å². The first-order valence-electron chi connectivity index (χ1n) is 11.9. The maximum absolute atomic E-state index is 5.73. The summed E-state index contributed by atoms with van der Waals surface area (Å²) in [6, 6.07) is 16.8. The number of aryl methyl sites for hydroxylation is 1. The summed E-state index contributed by atoms with van der Waals surface area (Å²) in [6.07, 6.45) is 8.58. The molecule has 1 atom stereocenters. The molecule has 2 aliphatic rings. The quantitative estimate of drug-likeness (QED) is 0.473. The lowest BCUT2D eigenvalue weighted by Crippen LogP contribution is -2.56. The fourth-order valence-corrected chi connectivity index (χ4v) is 5.06. The van der Waals surface area contributed by atoms with Crippen LogP contribution in [0.1, 0.15) is 43.0 Å². The van der Waals surface area contributed by atoms with Crippen LogP contribution < -0.4 is 4.74 Å². The molecule has 2 aromatic carbocycles. The SMILES string of the molecule is CO/N=C1\C(=C\c2ccc(-n3cnc(C)c3)c(OC)c2)CCC2=NCCC(C)(c3ccccc3)N21. The largest absolute Gasteiger partial charge is 0.495 e. The molecule has 1 saturated heterocycles. The van der Waals surface area contributed by atoms with Crippen molar-refractivity contribution < 1.29 is 9.57 Å². The van der Waals surface area contributed by atoms with Crippen LogP contribution in [0.2, 0.25) is 0 Å². The van der Waals surface area contributed by atoms with Gasteiger partial charge in [-0.25, -0.2) is 4.98 Å². The van der Waals surface area contributed by atoms with E-state index in [0.29, 0.717) is 0 Å². The molecule has 5 rings (SSSR count). The van der Waals surface area contributed by atoms with Gasteiger partial charge < -0.3 is 19.0 Å². The van der Waals surface area contributed by atoms with Crippen molar-refractivity contribution in [3.8, 4) is 11.4 Å². The lowest BCUT2D eigenvalue weighted by Gasteiger charge is -2.48. The molecule has 1 aromatic heterocycles. The Morgan fingerprint density at radius 2 is 1.91 bits per heavy atom. The van der Waals surface area contributed by atoms with Gasteiger partial charge in [0.05, 0.1) is 30.4 Å². The van der Waals surface area contributed by atoms with Crippen LogP contribution in [-0.4, -0.2) is 46.9 Å². The van der Waals surface area contributed by atoms with E-state index in [9.17, 15) is 0 Å². The number of fused-ring (bicyclic) bond motifs is 1. The number of benzene rings is 2. The number of hydrogen-bond acceptors (Lipinski definition) is 5. The van der Waals surface area contributed by atoms with E-state index in [4.69, 9.17) is 14.6 Å². The van der Waals surface area contributed by atoms with Gasteiger partial charge in [0.25, 0.3) is 0 Å². The van der Waals surface area contributed by atoms with Crippen LogP contribution in [0.25, 0.3) is 11.8 Å². The number of piperidine rings is 1. The van der Waals surface area contributed by atoms with Crippen LogP contribution in [0.4, 0.5) is 0 Å². The van der Waals surface area contributed by atoms with E-state index in [1.54, 1.807) is 20.5 Å². The molecule has 0 spiro atoms. The van der Waals surface area contributed by atoms with Crippen LogP contribution in [0.5, 0.6) is 5.75 Å². The van der Waals surface area contributed by atoms with Gasteiger partial charge in [-0.3, -0.25) is 4.99 Å². The van der Waals surface area contributed by atoms with E-state index in [-0.39, 0.29) is 5.54 Å². The van der Waals surface area contributed by atoms with Crippen LogP contribution >= 0.6 is 0 Å². The zero-order valence-electron chi connectivity index (χ0n) is 20.7. The summed E-state index contributed by atoms with van der Waals surface area (Å²) < 4.78 is 7.71. The highest BCUT2D eigenvalue weighted by molar-refractivity contribution is 6.14. The summed E-state index contributed by atoms with van der Waals surface area (Å²) in [4.78, 5) is 16.9. The topological polar surface area (TPSA) is 64.2 Å². The summed E-state index contributed by atoms with van der Waals surface area (Å²) in [5.41, 5.74) is 5.06. The molecule has 0 radical (unpaired) electrons. The molecule has 7 nitrogen and oxygen atoms in total. The number of hydrogen-bond donors (Lipinski definition) is 0. The molecule has 0 aliphatic carbocycles. The van der Waals surface area contributed by atoms with Crippen molar-refractivity contribution >= 4 is 17.7 Å². The van der Waals surface area contributed by atoms with Crippen molar-refractivity contribution in [1.29, 1.82) is 0 Å². The Morgan fingerprint density at radius 3 is 2.63 bits per heavy atom. The van der Waals surface area contributed by atoms with Crippen molar-refractivity contribution in [2.24, 2.45) is 10.1 Å². The van der Waals surface area contributed by atoms with Gasteiger partial charge in [0.15, 0.2) is 5.84 Å². The van der Waals surface area contributed by atoms with E-state index >= 15 is 0 Å². The third-order valence-corrected chi connectivity index (χ3v) is 6.87. The second-order valence-corrected chi connectivity index (χ2v) is 9.14. The number of aromatic nitrogens is 2. The Morgan fingerprint density at radius 1 is 1.09 bits per heavy atom. The molecule has 2 aliphatic heterocycles. The molecule has 3 heterocycles. The highest BCUT2D eigenvalue weighted by atomic mass is 16.6. The minimum atomic E-state index is -0.254. The average Bonchev–Trinajstić information content (AvgIpc) is 3.32. The van der Waals surface area contributed by atoms with Gasteiger partial charge in [-0.05, 0) is 61.6 Å². The predicted octanol–water partition coefficient (Wildman–Crippen LogP) is 5.35. The van der Waals surface area contributed by atoms with E-state index in [2.05, 4.69) is 76.6 Å². The maximum Gasteiger partial charge on any atom is 0.177 e. The van der Waals surface area contributed by atoms with E-state index in [1.165, 1.54) is 5.56 Å². The number of imidazole rings is 1. The first-order valence-corrected chi connectivity index (χ1v) is 11.9. The average molecular weight is 470 g/mol. The van der Waals surface area contributed by atoms with Gasteiger partial charge >= 0.3 is 0 Å². The highest BCUT2D eigenvalue weighted by Gasteiger charge is 2.44. The molecule has 3 aromatic rings. The molecular weight excluding hydrogens is 438 g/mol. The Balaban J connectivity index is 1.55. The summed E-state index contributed by atoms with van der Waals surface area (Å²) >= 11 is 0. The third-order valence-electron chi connectivity index (χ3n) is 6.87. The Labute approximate surface area is 206 Å². The standard InChI is InChI=1S/C28H31N5O2/c1-20-18-32(19-30-20)24-12-10-21(17-25(24)34-3)16-22-11-13-26-29-15-14-28(2,23-8-6-5-7-9-23)33(26)27(22)31-35-4/h5-10,12,16-19H,11,13-15H2,1-4H3/b22-16+,31-27+. The summed E-state index contributed by atoms with van der Waals surface area (Å²) in [5, 5.41) is 4.53. The Hall–Kier alpha value is -3.87. The number of methoxy groups -OCH3 is 1. The van der Waals surface area contributed by atoms with Crippen LogP contribution in [0.3, 0.4) is 0 Å². The van der Waals surface area contributed by atoms with Crippen molar-refractivity contribution in [3.63, 3.8) is 0 Å². The number of rotatable bonds is 5. The van der Waals surface area contributed by atoms with Gasteiger partial charge in [-0.2, -0.15) is 0 Å². The lowest BCUT2D eigenvalue weighted by molar-refractivity contribution is 0.190. The number of amidine groups is 2. The molecule has 0 bridgehead atoms. The molecule has 0 amide bonds. The fourth-order valence-electron chi connectivity index (χ4n) is 5.06. The monoisotopic (exact) mass is 469 g/mol. The first-order chi connectivity index (χ1) is 17.0. The van der Waals surface area contributed by atoms with Crippen LogP contribution in [0, 0.1) is 6.92 Å². The Kier molecular flexibility index (Phi) is 6.16. The van der Waals surface area contributed by atoms with Crippen molar-refractivity contribution in [3.05, 3.63) is 83.4 Å². The summed E-state index contributed by atoms with van der Waals surface area (Å²) in [6.45, 7) is 5.06. The molecule has 0 N–H and O–H groups in total.